The molecule has 1 fully saturated rings. The Morgan fingerprint density at radius 2 is 2.18 bits per heavy atom. The zero-order valence-electron chi connectivity index (χ0n) is 10.3. The van der Waals surface area contributed by atoms with E-state index < -0.39 is 5.60 Å². The van der Waals surface area contributed by atoms with Crippen molar-refractivity contribution in [3.63, 3.8) is 0 Å². The third kappa shape index (κ3) is 2.65. The van der Waals surface area contributed by atoms with E-state index in [4.69, 9.17) is 19.7 Å². The summed E-state index contributed by atoms with van der Waals surface area (Å²) in [5, 5.41) is 4.01. The van der Waals surface area contributed by atoms with Gasteiger partial charge in [-0.1, -0.05) is 5.16 Å². The summed E-state index contributed by atoms with van der Waals surface area (Å²) in [7, 11) is 1.67. The summed E-state index contributed by atoms with van der Waals surface area (Å²) in [6.07, 6.45) is 2.09. The van der Waals surface area contributed by atoms with Gasteiger partial charge in [-0.3, -0.25) is 0 Å². The van der Waals surface area contributed by atoms with Crippen LogP contribution in [0, 0.1) is 0 Å². The molecule has 0 amide bonds. The minimum atomic E-state index is -0.460. The molecule has 0 bridgehead atoms. The van der Waals surface area contributed by atoms with E-state index >= 15 is 0 Å². The van der Waals surface area contributed by atoms with E-state index in [2.05, 4.69) is 10.1 Å². The Morgan fingerprint density at radius 1 is 1.47 bits per heavy atom. The Kier molecular flexibility index (Phi) is 3.76. The molecule has 96 valence electrons. The molecule has 1 aromatic rings. The van der Waals surface area contributed by atoms with Crippen molar-refractivity contribution in [1.82, 2.24) is 10.1 Å². The highest BCUT2D eigenvalue weighted by molar-refractivity contribution is 5.03. The van der Waals surface area contributed by atoms with Gasteiger partial charge in [-0.2, -0.15) is 4.98 Å². The summed E-state index contributed by atoms with van der Waals surface area (Å²) in [6.45, 7) is 3.22. The predicted molar refractivity (Wildman–Crippen MR) is 60.4 cm³/mol. The molecule has 0 radical (unpaired) electrons. The van der Waals surface area contributed by atoms with Gasteiger partial charge < -0.3 is 19.7 Å². The van der Waals surface area contributed by atoms with E-state index in [0.29, 0.717) is 31.3 Å². The van der Waals surface area contributed by atoms with Gasteiger partial charge in [-0.25, -0.2) is 0 Å². The third-order valence-corrected chi connectivity index (χ3v) is 3.06. The van der Waals surface area contributed by atoms with Crippen molar-refractivity contribution in [3.8, 4) is 0 Å². The van der Waals surface area contributed by atoms with Crippen LogP contribution < -0.4 is 5.73 Å². The summed E-state index contributed by atoms with van der Waals surface area (Å²) >= 11 is 0. The summed E-state index contributed by atoms with van der Waals surface area (Å²) in [4.78, 5) is 4.38. The monoisotopic (exact) mass is 241 g/mol. The Balaban J connectivity index is 2.16. The van der Waals surface area contributed by atoms with Gasteiger partial charge in [0.25, 0.3) is 0 Å². The maximum atomic E-state index is 5.70. The topological polar surface area (TPSA) is 83.4 Å². The van der Waals surface area contributed by atoms with Crippen molar-refractivity contribution in [2.45, 2.75) is 37.8 Å². The number of hydrogen-bond donors (Lipinski definition) is 1. The van der Waals surface area contributed by atoms with E-state index in [9.17, 15) is 0 Å². The number of nitrogens with zero attached hydrogens (tertiary/aromatic N) is 2. The van der Waals surface area contributed by atoms with E-state index in [1.54, 1.807) is 7.11 Å². The standard InChI is InChI=1S/C11H19N3O3/c1-8(12)7-9-13-10(14-17-9)11(15-2)3-5-16-6-4-11/h8H,3-7,12H2,1-2H3. The average Bonchev–Trinajstić information content (AvgIpc) is 2.78. The second kappa shape index (κ2) is 5.12. The first kappa shape index (κ1) is 12.5. The van der Waals surface area contributed by atoms with Gasteiger partial charge in [0, 0.05) is 45.6 Å². The molecule has 6 nitrogen and oxygen atoms in total. The van der Waals surface area contributed by atoms with Crippen LogP contribution in [0.5, 0.6) is 0 Å². The zero-order valence-corrected chi connectivity index (χ0v) is 10.3. The Bertz CT molecular complexity index is 359. The smallest absolute Gasteiger partial charge is 0.228 e. The van der Waals surface area contributed by atoms with Crippen molar-refractivity contribution in [2.24, 2.45) is 5.73 Å². The summed E-state index contributed by atoms with van der Waals surface area (Å²) in [5.74, 6) is 1.18. The normalized spacial score (nSPS) is 21.4. The molecule has 6 heteroatoms. The minimum absolute atomic E-state index is 0.0106. The molecule has 2 heterocycles. The maximum Gasteiger partial charge on any atom is 0.228 e. The largest absolute Gasteiger partial charge is 0.381 e. The first-order valence-electron chi connectivity index (χ1n) is 5.88. The summed E-state index contributed by atoms with van der Waals surface area (Å²) in [5.41, 5.74) is 5.24. The lowest BCUT2D eigenvalue weighted by Crippen LogP contribution is -2.36. The third-order valence-electron chi connectivity index (χ3n) is 3.06. The number of hydrogen-bond acceptors (Lipinski definition) is 6. The van der Waals surface area contributed by atoms with Crippen LogP contribution in [0.1, 0.15) is 31.5 Å². The van der Waals surface area contributed by atoms with Crippen molar-refractivity contribution in [3.05, 3.63) is 11.7 Å². The van der Waals surface area contributed by atoms with Crippen molar-refractivity contribution in [2.75, 3.05) is 20.3 Å². The van der Waals surface area contributed by atoms with Gasteiger partial charge >= 0.3 is 0 Å². The lowest BCUT2D eigenvalue weighted by atomic mass is 9.93. The lowest BCUT2D eigenvalue weighted by molar-refractivity contribution is -0.101. The van der Waals surface area contributed by atoms with Crippen molar-refractivity contribution >= 4 is 0 Å². The number of rotatable bonds is 4. The predicted octanol–water partition coefficient (Wildman–Crippen LogP) is 0.611. The van der Waals surface area contributed by atoms with Crippen LogP contribution >= 0.6 is 0 Å². The Labute approximate surface area is 100 Å². The van der Waals surface area contributed by atoms with Crippen LogP contribution in [-0.4, -0.2) is 36.5 Å². The molecule has 17 heavy (non-hydrogen) atoms. The fourth-order valence-corrected chi connectivity index (χ4v) is 2.02. The molecule has 1 unspecified atom stereocenters. The lowest BCUT2D eigenvalue weighted by Gasteiger charge is -2.32. The second-order valence-corrected chi connectivity index (χ2v) is 4.50. The van der Waals surface area contributed by atoms with Gasteiger partial charge in [0.05, 0.1) is 0 Å². The molecule has 0 saturated carbocycles. The molecule has 0 aromatic carbocycles. The van der Waals surface area contributed by atoms with Crippen molar-refractivity contribution in [1.29, 1.82) is 0 Å². The molecule has 1 aliphatic heterocycles. The number of aromatic nitrogens is 2. The van der Waals surface area contributed by atoms with Crippen LogP contribution in [0.25, 0.3) is 0 Å². The number of nitrogens with two attached hydrogens (primary N) is 1. The molecule has 2 rings (SSSR count). The molecule has 1 atom stereocenters. The highest BCUT2D eigenvalue weighted by atomic mass is 16.5. The van der Waals surface area contributed by atoms with Crippen LogP contribution in [-0.2, 0) is 21.5 Å². The Hall–Kier alpha value is -0.980. The summed E-state index contributed by atoms with van der Waals surface area (Å²) in [6, 6.07) is 0.0106. The fourth-order valence-electron chi connectivity index (χ4n) is 2.02. The maximum absolute atomic E-state index is 5.70. The van der Waals surface area contributed by atoms with Crippen molar-refractivity contribution < 1.29 is 14.0 Å². The van der Waals surface area contributed by atoms with Gasteiger partial charge in [0.1, 0.15) is 5.60 Å². The molecule has 1 saturated heterocycles. The molecule has 2 N–H and O–H groups in total. The van der Waals surface area contributed by atoms with Crippen LogP contribution in [0.2, 0.25) is 0 Å². The van der Waals surface area contributed by atoms with E-state index in [1.807, 2.05) is 6.92 Å². The molecule has 1 aliphatic rings. The van der Waals surface area contributed by atoms with Gasteiger partial charge in [-0.05, 0) is 6.92 Å². The van der Waals surface area contributed by atoms with Crippen LogP contribution in [0.15, 0.2) is 4.52 Å². The van der Waals surface area contributed by atoms with E-state index in [0.717, 1.165) is 12.8 Å². The number of ether oxygens (including phenoxy) is 2. The Morgan fingerprint density at radius 3 is 2.76 bits per heavy atom. The molecule has 1 aromatic heterocycles. The van der Waals surface area contributed by atoms with Gasteiger partial charge in [0.15, 0.2) is 0 Å². The van der Waals surface area contributed by atoms with Crippen LogP contribution in [0.4, 0.5) is 0 Å². The number of methoxy groups -OCH3 is 1. The van der Waals surface area contributed by atoms with Gasteiger partial charge in [-0.15, -0.1) is 0 Å². The highest BCUT2D eigenvalue weighted by Gasteiger charge is 2.39. The van der Waals surface area contributed by atoms with E-state index in [-0.39, 0.29) is 6.04 Å². The molecular formula is C11H19N3O3. The molecule has 0 aliphatic carbocycles. The first-order valence-corrected chi connectivity index (χ1v) is 5.88. The second-order valence-electron chi connectivity index (χ2n) is 4.50. The van der Waals surface area contributed by atoms with E-state index in [1.165, 1.54) is 0 Å². The molecular weight excluding hydrogens is 222 g/mol. The quantitative estimate of drug-likeness (QED) is 0.831. The summed E-state index contributed by atoms with van der Waals surface area (Å²) < 4.78 is 16.1. The fraction of sp³-hybridized carbons (Fsp3) is 0.818. The zero-order chi connectivity index (χ0) is 12.3. The average molecular weight is 241 g/mol. The van der Waals surface area contributed by atoms with Crippen LogP contribution in [0.3, 0.4) is 0 Å². The SMILES string of the molecule is COC1(c2noc(CC(C)N)n2)CCOCC1. The first-order chi connectivity index (χ1) is 8.16. The minimum Gasteiger partial charge on any atom is -0.381 e. The molecule has 0 spiro atoms. The van der Waals surface area contributed by atoms with Gasteiger partial charge in [0.2, 0.25) is 11.7 Å². The highest BCUT2D eigenvalue weighted by Crippen LogP contribution is 2.33.